The van der Waals surface area contributed by atoms with Crippen LogP contribution in [0.1, 0.15) is 34.2 Å². The molecule has 0 aliphatic carbocycles. The third kappa shape index (κ3) is 3.92. The molecule has 3 rings (SSSR count). The van der Waals surface area contributed by atoms with Gasteiger partial charge in [-0.25, -0.2) is 9.97 Å². The second-order valence-electron chi connectivity index (χ2n) is 5.74. The highest BCUT2D eigenvalue weighted by Gasteiger charge is 2.33. The van der Waals surface area contributed by atoms with Crippen LogP contribution in [0.25, 0.3) is 5.82 Å². The molecule has 0 atom stereocenters. The number of aromatic nitrogens is 5. The van der Waals surface area contributed by atoms with Crippen molar-refractivity contribution in [1.82, 2.24) is 30.3 Å². The van der Waals surface area contributed by atoms with Crippen molar-refractivity contribution >= 4 is 11.7 Å². The molecule has 2 aromatic heterocycles. The molecular formula is C17H16F3N7O. The van der Waals surface area contributed by atoms with Crippen molar-refractivity contribution in [2.45, 2.75) is 26.1 Å². The third-order valence-corrected chi connectivity index (χ3v) is 3.89. The number of amides is 1. The fourth-order valence-electron chi connectivity index (χ4n) is 2.57. The summed E-state index contributed by atoms with van der Waals surface area (Å²) in [5.74, 6) is -0.619. The molecule has 0 fully saturated rings. The van der Waals surface area contributed by atoms with E-state index in [1.54, 1.807) is 6.92 Å². The molecule has 11 heteroatoms. The van der Waals surface area contributed by atoms with Crippen molar-refractivity contribution in [3.63, 3.8) is 0 Å². The number of halogens is 3. The van der Waals surface area contributed by atoms with Gasteiger partial charge < -0.3 is 11.1 Å². The highest BCUT2D eigenvalue weighted by Crippen LogP contribution is 2.31. The maximum atomic E-state index is 13.1. The summed E-state index contributed by atoms with van der Waals surface area (Å²) in [4.78, 5) is 22.0. The first kappa shape index (κ1) is 19.3. The summed E-state index contributed by atoms with van der Waals surface area (Å²) in [5.41, 5.74) is 5.21. The van der Waals surface area contributed by atoms with E-state index in [0.717, 1.165) is 6.07 Å². The lowest BCUT2D eigenvalue weighted by Gasteiger charge is -2.14. The zero-order valence-electron chi connectivity index (χ0n) is 14.7. The summed E-state index contributed by atoms with van der Waals surface area (Å²) >= 11 is 0. The van der Waals surface area contributed by atoms with E-state index in [1.807, 2.05) is 0 Å². The fraction of sp³-hybridized carbons (Fsp3) is 0.235. The number of benzene rings is 1. The average Bonchev–Trinajstić information content (AvgIpc) is 3.20. The van der Waals surface area contributed by atoms with E-state index in [1.165, 1.54) is 35.4 Å². The van der Waals surface area contributed by atoms with Crippen LogP contribution in [-0.2, 0) is 19.1 Å². The van der Waals surface area contributed by atoms with Gasteiger partial charge in [-0.3, -0.25) is 4.79 Å². The summed E-state index contributed by atoms with van der Waals surface area (Å²) in [6.45, 7) is 1.47. The summed E-state index contributed by atoms with van der Waals surface area (Å²) in [6, 6.07) is 5.00. The van der Waals surface area contributed by atoms with E-state index in [9.17, 15) is 18.0 Å². The molecule has 0 aliphatic heterocycles. The second-order valence-corrected chi connectivity index (χ2v) is 5.74. The molecule has 0 radical (unpaired) electrons. The molecule has 2 heterocycles. The Bertz CT molecular complexity index is 987. The summed E-state index contributed by atoms with van der Waals surface area (Å²) < 4.78 is 39.2. The van der Waals surface area contributed by atoms with Crippen LogP contribution in [-0.4, -0.2) is 30.9 Å². The number of carbonyl (C=O) groups excluding carboxylic acids is 1. The lowest BCUT2D eigenvalue weighted by atomic mass is 10.1. The first-order valence-corrected chi connectivity index (χ1v) is 8.27. The van der Waals surface area contributed by atoms with Gasteiger partial charge in [0.25, 0.3) is 5.91 Å². The van der Waals surface area contributed by atoms with Gasteiger partial charge in [0.1, 0.15) is 0 Å². The second kappa shape index (κ2) is 7.62. The van der Waals surface area contributed by atoms with Crippen LogP contribution in [0.3, 0.4) is 0 Å². The maximum absolute atomic E-state index is 13.1. The minimum absolute atomic E-state index is 0.0667. The van der Waals surface area contributed by atoms with Gasteiger partial charge in [0.2, 0.25) is 0 Å². The van der Waals surface area contributed by atoms with Gasteiger partial charge in [-0.1, -0.05) is 25.1 Å². The van der Waals surface area contributed by atoms with Crippen LogP contribution >= 0.6 is 0 Å². The summed E-state index contributed by atoms with van der Waals surface area (Å²) in [5, 5.41) is 10.3. The molecule has 1 amide bonds. The highest BCUT2D eigenvalue weighted by molar-refractivity contribution is 5.96. The SMILES string of the molecule is CCc1nc(C(=O)NCc2ccccc2C(F)(F)F)c(N)nc1-n1nccn1. The minimum atomic E-state index is -4.52. The zero-order valence-corrected chi connectivity index (χ0v) is 14.7. The number of hydrogen-bond acceptors (Lipinski definition) is 6. The van der Waals surface area contributed by atoms with Crippen molar-refractivity contribution in [3.8, 4) is 5.82 Å². The Balaban J connectivity index is 1.84. The van der Waals surface area contributed by atoms with Gasteiger partial charge in [-0.2, -0.15) is 23.4 Å². The standard InChI is InChI=1S/C17H16F3N7O/c1-2-12-15(27-23-7-8-24-27)26-14(21)13(25-12)16(28)22-9-10-5-3-4-6-11(10)17(18,19)20/h3-8H,2,9H2,1H3,(H2,21,26)(H,22,28). The van der Waals surface area contributed by atoms with Crippen molar-refractivity contribution < 1.29 is 18.0 Å². The smallest absolute Gasteiger partial charge is 0.382 e. The van der Waals surface area contributed by atoms with Crippen LogP contribution in [0.5, 0.6) is 0 Å². The molecule has 0 unspecified atom stereocenters. The Kier molecular flexibility index (Phi) is 5.25. The molecule has 0 bridgehead atoms. The van der Waals surface area contributed by atoms with Crippen LogP contribution in [0.2, 0.25) is 0 Å². The van der Waals surface area contributed by atoms with E-state index >= 15 is 0 Å². The lowest BCUT2D eigenvalue weighted by molar-refractivity contribution is -0.138. The number of aryl methyl sites for hydroxylation is 1. The van der Waals surface area contributed by atoms with Crippen LogP contribution in [0.15, 0.2) is 36.7 Å². The summed E-state index contributed by atoms with van der Waals surface area (Å²) in [7, 11) is 0. The molecular weight excluding hydrogens is 375 g/mol. The van der Waals surface area contributed by atoms with Crippen molar-refractivity contribution in [1.29, 1.82) is 0 Å². The number of nitrogen functional groups attached to an aromatic ring is 1. The Hall–Kier alpha value is -3.50. The number of nitrogens with two attached hydrogens (primary N) is 1. The summed E-state index contributed by atoms with van der Waals surface area (Å²) in [6.07, 6.45) is -1.19. The minimum Gasteiger partial charge on any atom is -0.382 e. The molecule has 0 aliphatic rings. The number of nitrogens with zero attached hydrogens (tertiary/aromatic N) is 5. The van der Waals surface area contributed by atoms with Gasteiger partial charge in [0.05, 0.1) is 23.7 Å². The molecule has 0 saturated carbocycles. The van der Waals surface area contributed by atoms with E-state index in [4.69, 9.17) is 5.73 Å². The van der Waals surface area contributed by atoms with E-state index in [0.29, 0.717) is 12.1 Å². The molecule has 3 N–H and O–H groups in total. The predicted molar refractivity (Wildman–Crippen MR) is 93.4 cm³/mol. The highest BCUT2D eigenvalue weighted by atomic mass is 19.4. The van der Waals surface area contributed by atoms with Crippen molar-refractivity contribution in [2.75, 3.05) is 5.73 Å². The molecule has 1 aromatic carbocycles. The van der Waals surface area contributed by atoms with E-state index in [2.05, 4.69) is 25.5 Å². The molecule has 146 valence electrons. The number of alkyl halides is 3. The Morgan fingerprint density at radius 3 is 2.50 bits per heavy atom. The number of carbonyl (C=O) groups is 1. The molecule has 3 aromatic rings. The number of anilines is 1. The molecule has 28 heavy (non-hydrogen) atoms. The van der Waals surface area contributed by atoms with E-state index < -0.39 is 17.6 Å². The number of nitrogens with one attached hydrogen (secondary N) is 1. The predicted octanol–water partition coefficient (Wildman–Crippen LogP) is 2.15. The normalized spacial score (nSPS) is 11.4. The van der Waals surface area contributed by atoms with Crippen LogP contribution in [0, 0.1) is 0 Å². The van der Waals surface area contributed by atoms with Gasteiger partial charge in [0.15, 0.2) is 17.3 Å². The Morgan fingerprint density at radius 1 is 1.18 bits per heavy atom. The first-order chi connectivity index (χ1) is 13.3. The monoisotopic (exact) mass is 391 g/mol. The third-order valence-electron chi connectivity index (χ3n) is 3.89. The largest absolute Gasteiger partial charge is 0.416 e. The van der Waals surface area contributed by atoms with Crippen LogP contribution < -0.4 is 11.1 Å². The van der Waals surface area contributed by atoms with Gasteiger partial charge in [-0.05, 0) is 18.1 Å². The Morgan fingerprint density at radius 2 is 1.86 bits per heavy atom. The maximum Gasteiger partial charge on any atom is 0.416 e. The van der Waals surface area contributed by atoms with E-state index in [-0.39, 0.29) is 29.4 Å². The number of hydrogen-bond donors (Lipinski definition) is 2. The number of rotatable bonds is 5. The van der Waals surface area contributed by atoms with Crippen molar-refractivity contribution in [2.24, 2.45) is 0 Å². The molecule has 0 spiro atoms. The van der Waals surface area contributed by atoms with Gasteiger partial charge >= 0.3 is 6.18 Å². The topological polar surface area (TPSA) is 112 Å². The van der Waals surface area contributed by atoms with Crippen molar-refractivity contribution in [3.05, 3.63) is 59.2 Å². The quantitative estimate of drug-likeness (QED) is 0.689. The molecule has 0 saturated heterocycles. The van der Waals surface area contributed by atoms with Gasteiger partial charge in [0, 0.05) is 6.54 Å². The lowest BCUT2D eigenvalue weighted by Crippen LogP contribution is -2.27. The first-order valence-electron chi connectivity index (χ1n) is 8.27. The fourth-order valence-corrected chi connectivity index (χ4v) is 2.57. The molecule has 8 nitrogen and oxygen atoms in total. The average molecular weight is 391 g/mol. The van der Waals surface area contributed by atoms with Crippen LogP contribution in [0.4, 0.5) is 19.0 Å². The zero-order chi connectivity index (χ0) is 20.3. The van der Waals surface area contributed by atoms with Gasteiger partial charge in [-0.15, -0.1) is 4.80 Å². The Labute approximate surface area is 157 Å².